The molecule has 0 radical (unpaired) electrons. The fourth-order valence-electron chi connectivity index (χ4n) is 2.64. The summed E-state index contributed by atoms with van der Waals surface area (Å²) in [6, 6.07) is 5.74. The summed E-state index contributed by atoms with van der Waals surface area (Å²) in [6.45, 7) is 1.53. The van der Waals surface area contributed by atoms with E-state index in [1.165, 1.54) is 18.2 Å². The summed E-state index contributed by atoms with van der Waals surface area (Å²) in [4.78, 5) is 0. The molecule has 2 aromatic rings. The Hall–Kier alpha value is -1.48. The predicted molar refractivity (Wildman–Crippen MR) is 94.8 cm³/mol. The summed E-state index contributed by atoms with van der Waals surface area (Å²) in [5.41, 5.74) is 1.81. The van der Waals surface area contributed by atoms with Crippen LogP contribution in [0.25, 0.3) is 11.3 Å². The number of halogens is 1. The minimum Gasteiger partial charge on any atom is -0.207 e. The van der Waals surface area contributed by atoms with E-state index in [2.05, 4.69) is 0 Å². The van der Waals surface area contributed by atoms with E-state index in [4.69, 9.17) is 9.60 Å². The Morgan fingerprint density at radius 1 is 1.23 bits per heavy atom. The van der Waals surface area contributed by atoms with Gasteiger partial charge in [0.15, 0.2) is 6.20 Å². The summed E-state index contributed by atoms with van der Waals surface area (Å²) < 4.78 is 71.6. The monoisotopic (exact) mass is 323 g/mol. The van der Waals surface area contributed by atoms with Crippen molar-refractivity contribution < 1.29 is 18.6 Å². The van der Waals surface area contributed by atoms with Gasteiger partial charge in [0.2, 0.25) is 5.69 Å². The highest BCUT2D eigenvalue weighted by Gasteiger charge is 2.27. The first-order valence-corrected chi connectivity index (χ1v) is 10.7. The Morgan fingerprint density at radius 2 is 1.91 bits per heavy atom. The fourth-order valence-corrected chi connectivity index (χ4v) is 4.22. The van der Waals surface area contributed by atoms with Crippen LogP contribution in [0, 0.1) is 12.7 Å². The van der Waals surface area contributed by atoms with E-state index in [-0.39, 0.29) is 5.56 Å². The predicted octanol–water partition coefficient (Wildman–Crippen LogP) is 4.29. The summed E-state index contributed by atoms with van der Waals surface area (Å²) in [5, 5.41) is 0.603. The summed E-state index contributed by atoms with van der Waals surface area (Å²) >= 11 is 0. The summed E-state index contributed by atoms with van der Waals surface area (Å²) in [6.07, 6.45) is 1.74. The van der Waals surface area contributed by atoms with Gasteiger partial charge in [-0.15, -0.1) is 0 Å². The van der Waals surface area contributed by atoms with E-state index in [0.29, 0.717) is 22.0 Å². The van der Waals surface area contributed by atoms with Crippen molar-refractivity contribution >= 4 is 13.3 Å². The van der Waals surface area contributed by atoms with Crippen LogP contribution < -0.4 is 9.75 Å². The highest BCUT2D eigenvalue weighted by molar-refractivity contribution is 6.89. The number of nitrogens with zero attached hydrogens (tertiary/aromatic N) is 1. The van der Waals surface area contributed by atoms with Gasteiger partial charge < -0.3 is 0 Å². The molecule has 22 heavy (non-hydrogen) atoms. The molecule has 1 heterocycles. The van der Waals surface area contributed by atoms with Crippen molar-refractivity contribution in [1.82, 2.24) is 0 Å². The van der Waals surface area contributed by atoms with Gasteiger partial charge in [0.25, 0.3) is 0 Å². The highest BCUT2D eigenvalue weighted by Crippen LogP contribution is 2.24. The number of pyridine rings is 1. The molecule has 3 heteroatoms. The molecule has 0 spiro atoms. The van der Waals surface area contributed by atoms with E-state index < -0.39 is 33.5 Å². The topological polar surface area (TPSA) is 3.88 Å². The SMILES string of the molecule is [2H]C([2H])([2H])C([2H])(c1cc(-c2ccc(F)cc2C)[n+](C)cc1[Si](C)(C)C)C([2H])([2H])[2H]. The third-order valence-corrected chi connectivity index (χ3v) is 5.83. The molecule has 0 aliphatic rings. The van der Waals surface area contributed by atoms with Crippen LogP contribution in [0.5, 0.6) is 0 Å². The maximum absolute atomic E-state index is 13.6. The van der Waals surface area contributed by atoms with Gasteiger partial charge in [-0.3, -0.25) is 0 Å². The Kier molecular flexibility index (Phi) is 2.60. The lowest BCUT2D eigenvalue weighted by Crippen LogP contribution is -2.47. The lowest BCUT2D eigenvalue weighted by Gasteiger charge is -2.22. The molecule has 0 fully saturated rings. The van der Waals surface area contributed by atoms with Crippen LogP contribution >= 0.6 is 0 Å². The van der Waals surface area contributed by atoms with E-state index in [0.717, 1.165) is 0 Å². The first-order valence-electron chi connectivity index (χ1n) is 10.7. The van der Waals surface area contributed by atoms with Crippen LogP contribution in [0.1, 0.15) is 40.3 Å². The molecular weight excluding hydrogens is 289 g/mol. The Morgan fingerprint density at radius 3 is 2.45 bits per heavy atom. The van der Waals surface area contributed by atoms with E-state index in [1.54, 1.807) is 30.8 Å². The average molecular weight is 324 g/mol. The van der Waals surface area contributed by atoms with Crippen LogP contribution in [0.2, 0.25) is 19.6 Å². The first kappa shape index (κ1) is 9.61. The van der Waals surface area contributed by atoms with Gasteiger partial charge in [0.1, 0.15) is 12.9 Å². The quantitative estimate of drug-likeness (QED) is 0.586. The maximum Gasteiger partial charge on any atom is 0.212 e. The molecule has 0 saturated heterocycles. The molecule has 0 bridgehead atoms. The molecule has 0 aliphatic carbocycles. The van der Waals surface area contributed by atoms with Crippen LogP contribution in [-0.2, 0) is 7.05 Å². The molecule has 1 nitrogen and oxygen atoms in total. The minimum atomic E-state index is -3.07. The molecular formula is C19H27FNSi+. The number of benzene rings is 1. The molecule has 0 N–H and O–H groups in total. The molecule has 1 aromatic heterocycles. The average Bonchev–Trinajstić information content (AvgIpc) is 2.51. The summed E-state index contributed by atoms with van der Waals surface area (Å²) in [5.74, 6) is -3.18. The van der Waals surface area contributed by atoms with Crippen molar-refractivity contribution in [2.75, 3.05) is 0 Å². The molecule has 0 aliphatic heterocycles. The van der Waals surface area contributed by atoms with E-state index in [9.17, 15) is 4.39 Å². The Balaban J connectivity index is 2.99. The second-order valence-corrected chi connectivity index (χ2v) is 11.7. The van der Waals surface area contributed by atoms with Crippen LogP contribution in [-0.4, -0.2) is 8.07 Å². The second-order valence-electron chi connectivity index (χ2n) is 6.68. The van der Waals surface area contributed by atoms with Gasteiger partial charge in [-0.2, -0.15) is 0 Å². The zero-order valence-corrected chi connectivity index (χ0v) is 14.7. The molecule has 0 unspecified atom stereocenters. The van der Waals surface area contributed by atoms with Gasteiger partial charge in [0, 0.05) is 26.4 Å². The fraction of sp³-hybridized carbons (Fsp3) is 0.421. The van der Waals surface area contributed by atoms with Crippen molar-refractivity contribution in [3.63, 3.8) is 0 Å². The highest BCUT2D eigenvalue weighted by atomic mass is 28.3. The molecule has 2 rings (SSSR count). The minimum absolute atomic E-state index is 0.00603. The van der Waals surface area contributed by atoms with Crippen LogP contribution in [0.15, 0.2) is 30.5 Å². The van der Waals surface area contributed by atoms with Crippen molar-refractivity contribution in [1.29, 1.82) is 0 Å². The molecule has 0 amide bonds. The third-order valence-electron chi connectivity index (χ3n) is 3.82. The van der Waals surface area contributed by atoms with Gasteiger partial charge >= 0.3 is 0 Å². The zero-order valence-electron chi connectivity index (χ0n) is 20.7. The number of aryl methyl sites for hydroxylation is 2. The van der Waals surface area contributed by atoms with Crippen molar-refractivity contribution in [2.45, 2.75) is 46.2 Å². The molecule has 0 saturated carbocycles. The normalized spacial score (nSPS) is 18.4. The molecule has 118 valence electrons. The standard InChI is InChI=1S/C19H27FNSi/c1-13(2)17-11-18(16-9-8-15(20)10-14(16)3)21(4)12-19(17)22(5,6)7/h8-13H,1-7H3/q+1/i1D3,2D3,13D. The maximum atomic E-state index is 13.6. The molecule has 0 atom stereocenters. The van der Waals surface area contributed by atoms with Gasteiger partial charge in [-0.25, -0.2) is 8.96 Å². The number of hydrogen-bond acceptors (Lipinski definition) is 0. The van der Waals surface area contributed by atoms with Gasteiger partial charge in [-0.1, -0.05) is 33.3 Å². The first-order chi connectivity index (χ1) is 12.9. The van der Waals surface area contributed by atoms with Crippen molar-refractivity contribution in [3.8, 4) is 11.3 Å². The molecule has 1 aromatic carbocycles. The van der Waals surface area contributed by atoms with Gasteiger partial charge in [-0.05, 0) is 42.1 Å². The largest absolute Gasteiger partial charge is 0.212 e. The van der Waals surface area contributed by atoms with Crippen molar-refractivity contribution in [2.24, 2.45) is 7.05 Å². The smallest absolute Gasteiger partial charge is 0.207 e. The van der Waals surface area contributed by atoms with Crippen LogP contribution in [0.4, 0.5) is 4.39 Å². The number of rotatable bonds is 3. The van der Waals surface area contributed by atoms with Gasteiger partial charge in [0.05, 0.1) is 8.07 Å². The lowest BCUT2D eigenvalue weighted by molar-refractivity contribution is -0.659. The van der Waals surface area contributed by atoms with Crippen LogP contribution in [0.3, 0.4) is 0 Å². The van der Waals surface area contributed by atoms with Crippen molar-refractivity contribution in [3.05, 3.63) is 47.4 Å². The Bertz CT molecular complexity index is 916. The zero-order chi connectivity index (χ0) is 22.6. The summed E-state index contributed by atoms with van der Waals surface area (Å²) in [7, 11) is -0.444. The Labute approximate surface area is 144 Å². The lowest BCUT2D eigenvalue weighted by atomic mass is 9.99. The third kappa shape index (κ3) is 3.30. The number of aromatic nitrogens is 1. The number of hydrogen-bond donors (Lipinski definition) is 0. The second kappa shape index (κ2) is 5.96. The van der Waals surface area contributed by atoms with E-state index in [1.807, 2.05) is 19.6 Å². The van der Waals surface area contributed by atoms with E-state index >= 15 is 0 Å².